The van der Waals surface area contributed by atoms with Crippen molar-refractivity contribution < 1.29 is 9.53 Å². The Morgan fingerprint density at radius 3 is 2.68 bits per heavy atom. The third kappa shape index (κ3) is 3.67. The van der Waals surface area contributed by atoms with Gasteiger partial charge in [0.05, 0.1) is 5.52 Å². The summed E-state index contributed by atoms with van der Waals surface area (Å²) in [5.74, 6) is 0. The number of likely N-dealkylation sites (tertiary alicyclic amines) is 1. The molecule has 8 nitrogen and oxygen atoms in total. The number of hydrogen-bond acceptors (Lipinski definition) is 4. The number of imidazole rings is 1. The fourth-order valence-corrected chi connectivity index (χ4v) is 3.65. The molecule has 148 valence electrons. The lowest BCUT2D eigenvalue weighted by atomic mass is 10.1. The normalized spacial score (nSPS) is 15.9. The van der Waals surface area contributed by atoms with Crippen LogP contribution in [0.2, 0.25) is 0 Å². The number of carbonyl (C=O) groups excluding carboxylic acids is 1. The minimum Gasteiger partial charge on any atom is -0.444 e. The standard InChI is InChI=1S/C20H25N5O3/c1-20(2,3)28-19(27)24-10-6-14(7-11-24)25-9-5-13(12-25)15-4-8-21-17-16(15)22-18(26)23-17/h4-5,8-9,12,14H,6-7,10-11H2,1-3H3,(H2,21,22,23,26). The Hall–Kier alpha value is -3.03. The number of fused-ring (bicyclic) bond motifs is 1. The number of rotatable bonds is 2. The van der Waals surface area contributed by atoms with E-state index in [1.165, 1.54) is 0 Å². The Labute approximate surface area is 162 Å². The number of aromatic nitrogens is 4. The zero-order chi connectivity index (χ0) is 19.9. The topological polar surface area (TPSA) is 96.0 Å². The first kappa shape index (κ1) is 18.3. The average Bonchev–Trinajstić information content (AvgIpc) is 3.26. The van der Waals surface area contributed by atoms with Gasteiger partial charge in [-0.2, -0.15) is 0 Å². The van der Waals surface area contributed by atoms with Crippen LogP contribution in [-0.2, 0) is 4.74 Å². The van der Waals surface area contributed by atoms with Crippen LogP contribution in [0.4, 0.5) is 4.79 Å². The van der Waals surface area contributed by atoms with E-state index in [1.807, 2.05) is 32.9 Å². The zero-order valence-electron chi connectivity index (χ0n) is 16.4. The summed E-state index contributed by atoms with van der Waals surface area (Å²) in [5, 5.41) is 0. The highest BCUT2D eigenvalue weighted by atomic mass is 16.6. The number of ether oxygens (including phenoxy) is 1. The predicted octanol–water partition coefficient (Wildman–Crippen LogP) is 3.29. The van der Waals surface area contributed by atoms with Gasteiger partial charge in [0.25, 0.3) is 0 Å². The van der Waals surface area contributed by atoms with Crippen LogP contribution in [0, 0.1) is 0 Å². The van der Waals surface area contributed by atoms with Crippen LogP contribution in [-0.4, -0.2) is 49.2 Å². The van der Waals surface area contributed by atoms with Crippen molar-refractivity contribution in [2.24, 2.45) is 0 Å². The number of pyridine rings is 1. The molecule has 28 heavy (non-hydrogen) atoms. The number of nitrogens with one attached hydrogen (secondary N) is 2. The largest absolute Gasteiger partial charge is 0.444 e. The molecule has 0 radical (unpaired) electrons. The second-order valence-corrected chi connectivity index (χ2v) is 8.21. The highest BCUT2D eigenvalue weighted by Crippen LogP contribution is 2.29. The van der Waals surface area contributed by atoms with E-state index in [0.717, 1.165) is 24.0 Å². The number of hydrogen-bond donors (Lipinski definition) is 2. The molecule has 0 unspecified atom stereocenters. The van der Waals surface area contributed by atoms with E-state index in [4.69, 9.17) is 4.74 Å². The monoisotopic (exact) mass is 383 g/mol. The number of carbonyl (C=O) groups is 1. The first-order valence-electron chi connectivity index (χ1n) is 9.53. The Balaban J connectivity index is 1.47. The summed E-state index contributed by atoms with van der Waals surface area (Å²) in [7, 11) is 0. The number of H-pyrrole nitrogens is 2. The van der Waals surface area contributed by atoms with E-state index in [1.54, 1.807) is 11.1 Å². The molecular formula is C20H25N5O3. The molecule has 0 atom stereocenters. The van der Waals surface area contributed by atoms with Gasteiger partial charge in [-0.15, -0.1) is 0 Å². The lowest BCUT2D eigenvalue weighted by Gasteiger charge is -2.34. The van der Waals surface area contributed by atoms with Gasteiger partial charge in [-0.1, -0.05) is 0 Å². The number of amides is 1. The minimum atomic E-state index is -0.474. The van der Waals surface area contributed by atoms with Crippen molar-refractivity contribution in [1.29, 1.82) is 0 Å². The van der Waals surface area contributed by atoms with Gasteiger partial charge in [0.15, 0.2) is 5.65 Å². The van der Waals surface area contributed by atoms with Crippen LogP contribution < -0.4 is 5.69 Å². The summed E-state index contributed by atoms with van der Waals surface area (Å²) in [4.78, 5) is 35.3. The Bertz CT molecular complexity index is 1050. The predicted molar refractivity (Wildman–Crippen MR) is 106 cm³/mol. The van der Waals surface area contributed by atoms with Crippen LogP contribution in [0.5, 0.6) is 0 Å². The smallest absolute Gasteiger partial charge is 0.410 e. The molecule has 0 bridgehead atoms. The van der Waals surface area contributed by atoms with E-state index in [2.05, 4.69) is 31.9 Å². The summed E-state index contributed by atoms with van der Waals surface area (Å²) >= 11 is 0. The third-order valence-corrected chi connectivity index (χ3v) is 4.98. The summed E-state index contributed by atoms with van der Waals surface area (Å²) in [6.45, 7) is 7.00. The number of nitrogens with zero attached hydrogens (tertiary/aromatic N) is 3. The van der Waals surface area contributed by atoms with Crippen LogP contribution >= 0.6 is 0 Å². The average molecular weight is 383 g/mol. The second kappa shape index (κ2) is 6.85. The SMILES string of the molecule is CC(C)(C)OC(=O)N1CCC(n2ccc(-c3ccnc4[nH]c(=O)[nH]c34)c2)CC1. The summed E-state index contributed by atoms with van der Waals surface area (Å²) in [6.07, 6.45) is 7.35. The zero-order valence-corrected chi connectivity index (χ0v) is 16.4. The van der Waals surface area contributed by atoms with E-state index < -0.39 is 5.60 Å². The molecule has 0 saturated carbocycles. The van der Waals surface area contributed by atoms with Gasteiger partial charge in [0.1, 0.15) is 5.60 Å². The number of aromatic amines is 2. The molecule has 0 spiro atoms. The van der Waals surface area contributed by atoms with Crippen LogP contribution in [0.3, 0.4) is 0 Å². The first-order valence-corrected chi connectivity index (χ1v) is 9.53. The molecule has 3 aromatic rings. The Morgan fingerprint density at radius 2 is 1.96 bits per heavy atom. The van der Waals surface area contributed by atoms with Gasteiger partial charge < -0.3 is 19.2 Å². The van der Waals surface area contributed by atoms with Crippen LogP contribution in [0.1, 0.15) is 39.7 Å². The van der Waals surface area contributed by atoms with E-state index in [0.29, 0.717) is 30.3 Å². The fraction of sp³-hybridized carbons (Fsp3) is 0.450. The molecule has 4 rings (SSSR count). The maximum atomic E-state index is 12.2. The van der Waals surface area contributed by atoms with Gasteiger partial charge in [0.2, 0.25) is 0 Å². The minimum absolute atomic E-state index is 0.241. The molecule has 4 heterocycles. The maximum Gasteiger partial charge on any atom is 0.410 e. The molecule has 1 aliphatic heterocycles. The van der Waals surface area contributed by atoms with Crippen molar-refractivity contribution >= 4 is 17.3 Å². The van der Waals surface area contributed by atoms with Gasteiger partial charge in [-0.3, -0.25) is 4.98 Å². The van der Waals surface area contributed by atoms with E-state index in [9.17, 15) is 9.59 Å². The first-order chi connectivity index (χ1) is 13.3. The van der Waals surface area contributed by atoms with Gasteiger partial charge in [-0.25, -0.2) is 14.6 Å². The second-order valence-electron chi connectivity index (χ2n) is 8.21. The maximum absolute atomic E-state index is 12.2. The van der Waals surface area contributed by atoms with Gasteiger partial charge in [-0.05, 0) is 45.7 Å². The molecule has 0 aliphatic carbocycles. The highest BCUT2D eigenvalue weighted by Gasteiger charge is 2.27. The molecule has 1 fully saturated rings. The van der Waals surface area contributed by atoms with Crippen molar-refractivity contribution in [3.8, 4) is 11.1 Å². The molecule has 1 aliphatic rings. The number of piperidine rings is 1. The Kier molecular flexibility index (Phi) is 4.49. The molecule has 0 aromatic carbocycles. The molecular weight excluding hydrogens is 358 g/mol. The summed E-state index contributed by atoms with van der Waals surface area (Å²) in [6, 6.07) is 4.27. The van der Waals surface area contributed by atoms with E-state index in [-0.39, 0.29) is 11.8 Å². The van der Waals surface area contributed by atoms with E-state index >= 15 is 0 Å². The lowest BCUT2D eigenvalue weighted by molar-refractivity contribution is 0.0188. The molecule has 8 heteroatoms. The molecule has 1 amide bonds. The van der Waals surface area contributed by atoms with Gasteiger partial charge >= 0.3 is 11.8 Å². The van der Waals surface area contributed by atoms with Gasteiger partial charge in [0, 0.05) is 48.8 Å². The summed E-state index contributed by atoms with van der Waals surface area (Å²) < 4.78 is 7.66. The van der Waals surface area contributed by atoms with Crippen molar-refractivity contribution in [1.82, 2.24) is 24.4 Å². The Morgan fingerprint density at radius 1 is 1.21 bits per heavy atom. The molecule has 1 saturated heterocycles. The molecule has 2 N–H and O–H groups in total. The third-order valence-electron chi connectivity index (χ3n) is 4.98. The van der Waals surface area contributed by atoms with Crippen LogP contribution in [0.25, 0.3) is 22.3 Å². The van der Waals surface area contributed by atoms with Crippen LogP contribution in [0.15, 0.2) is 35.5 Å². The fourth-order valence-electron chi connectivity index (χ4n) is 3.65. The summed E-state index contributed by atoms with van der Waals surface area (Å²) in [5.41, 5.74) is 2.50. The van der Waals surface area contributed by atoms with Crippen molar-refractivity contribution in [3.05, 3.63) is 41.2 Å². The highest BCUT2D eigenvalue weighted by molar-refractivity contribution is 5.89. The van der Waals surface area contributed by atoms with Crippen molar-refractivity contribution in [2.75, 3.05) is 13.1 Å². The lowest BCUT2D eigenvalue weighted by Crippen LogP contribution is -2.42. The van der Waals surface area contributed by atoms with Crippen molar-refractivity contribution in [2.45, 2.75) is 45.3 Å². The van der Waals surface area contributed by atoms with Crippen molar-refractivity contribution in [3.63, 3.8) is 0 Å². The quantitative estimate of drug-likeness (QED) is 0.710. The molecule has 3 aromatic heterocycles.